The van der Waals surface area contributed by atoms with Crippen LogP contribution in [0.25, 0.3) is 0 Å². The molecule has 4 nitrogen and oxygen atoms in total. The molecule has 1 rings (SSSR count). The third kappa shape index (κ3) is 3.87. The summed E-state index contributed by atoms with van der Waals surface area (Å²) in [5.74, 6) is 0.000470. The average molecular weight is 226 g/mol. The van der Waals surface area contributed by atoms with Crippen molar-refractivity contribution in [3.63, 3.8) is 0 Å². The molecule has 0 amide bonds. The molecule has 0 saturated carbocycles. The van der Waals surface area contributed by atoms with Crippen molar-refractivity contribution in [2.45, 2.75) is 31.7 Å². The molecule has 0 unspecified atom stereocenters. The molecule has 1 N–H and O–H groups in total. The molecule has 1 aromatic rings. The third-order valence-corrected chi connectivity index (χ3v) is 2.72. The first-order valence-corrected chi connectivity index (χ1v) is 5.85. The highest BCUT2D eigenvalue weighted by atomic mass is 32.2. The number of hydrogen-bond acceptors (Lipinski definition) is 4. The number of aryl methyl sites for hydroxylation is 2. The second kappa shape index (κ2) is 5.70. The van der Waals surface area contributed by atoms with Gasteiger partial charge in [0.1, 0.15) is 10.9 Å². The van der Waals surface area contributed by atoms with E-state index in [1.54, 1.807) is 0 Å². The molecule has 0 radical (unpaired) electrons. The SMILES string of the molecule is CCc1cc(SCC(=O)O)nc(CC)n1. The van der Waals surface area contributed by atoms with Gasteiger partial charge in [-0.1, -0.05) is 25.6 Å². The highest BCUT2D eigenvalue weighted by Crippen LogP contribution is 2.16. The molecule has 0 fully saturated rings. The minimum absolute atomic E-state index is 0.0450. The number of hydrogen-bond donors (Lipinski definition) is 1. The van der Waals surface area contributed by atoms with Crippen LogP contribution in [0.3, 0.4) is 0 Å². The van der Waals surface area contributed by atoms with Crippen molar-refractivity contribution < 1.29 is 9.90 Å². The lowest BCUT2D eigenvalue weighted by Gasteiger charge is -2.04. The van der Waals surface area contributed by atoms with Gasteiger partial charge in [-0.15, -0.1) is 0 Å². The summed E-state index contributed by atoms with van der Waals surface area (Å²) in [6.45, 7) is 4.01. The maximum absolute atomic E-state index is 10.4. The van der Waals surface area contributed by atoms with E-state index >= 15 is 0 Å². The smallest absolute Gasteiger partial charge is 0.313 e. The van der Waals surface area contributed by atoms with Gasteiger partial charge in [0.05, 0.1) is 5.75 Å². The fourth-order valence-corrected chi connectivity index (χ4v) is 1.73. The Kier molecular flexibility index (Phi) is 4.55. The fraction of sp³-hybridized carbons (Fsp3) is 0.500. The van der Waals surface area contributed by atoms with E-state index in [0.29, 0.717) is 0 Å². The molecule has 0 spiro atoms. The number of aromatic nitrogens is 2. The maximum atomic E-state index is 10.4. The molecule has 0 atom stereocenters. The van der Waals surface area contributed by atoms with E-state index < -0.39 is 5.97 Å². The minimum atomic E-state index is -0.824. The van der Waals surface area contributed by atoms with Crippen molar-refractivity contribution in [1.82, 2.24) is 9.97 Å². The van der Waals surface area contributed by atoms with Crippen LogP contribution < -0.4 is 0 Å². The van der Waals surface area contributed by atoms with Crippen molar-refractivity contribution in [2.75, 3.05) is 5.75 Å². The monoisotopic (exact) mass is 226 g/mol. The molecular formula is C10H14N2O2S. The summed E-state index contributed by atoms with van der Waals surface area (Å²) in [5, 5.41) is 9.31. The summed E-state index contributed by atoms with van der Waals surface area (Å²) in [4.78, 5) is 19.0. The number of nitrogens with zero attached hydrogens (tertiary/aromatic N) is 2. The molecular weight excluding hydrogens is 212 g/mol. The summed E-state index contributed by atoms with van der Waals surface area (Å²) in [6, 6.07) is 1.85. The Morgan fingerprint density at radius 3 is 2.67 bits per heavy atom. The largest absolute Gasteiger partial charge is 0.481 e. The van der Waals surface area contributed by atoms with Gasteiger partial charge in [-0.2, -0.15) is 0 Å². The number of rotatable bonds is 5. The van der Waals surface area contributed by atoms with Crippen molar-refractivity contribution in [3.8, 4) is 0 Å². The van der Waals surface area contributed by atoms with E-state index in [4.69, 9.17) is 5.11 Å². The Hall–Kier alpha value is -1.10. The van der Waals surface area contributed by atoms with Gasteiger partial charge in [0.15, 0.2) is 0 Å². The first kappa shape index (κ1) is 12.0. The highest BCUT2D eigenvalue weighted by molar-refractivity contribution is 7.99. The number of carboxylic acids is 1. The molecule has 15 heavy (non-hydrogen) atoms. The van der Waals surface area contributed by atoms with Crippen LogP contribution in [-0.4, -0.2) is 26.8 Å². The van der Waals surface area contributed by atoms with Gasteiger partial charge >= 0.3 is 5.97 Å². The lowest BCUT2D eigenvalue weighted by molar-refractivity contribution is -0.133. The first-order valence-electron chi connectivity index (χ1n) is 4.87. The molecule has 0 aromatic carbocycles. The molecule has 5 heteroatoms. The Bertz CT molecular complexity index is 333. The number of aliphatic carboxylic acids is 1. The van der Waals surface area contributed by atoms with Crippen molar-refractivity contribution in [1.29, 1.82) is 0 Å². The van der Waals surface area contributed by atoms with Crippen LogP contribution >= 0.6 is 11.8 Å². The highest BCUT2D eigenvalue weighted by Gasteiger charge is 2.05. The van der Waals surface area contributed by atoms with Crippen LogP contribution in [0.1, 0.15) is 25.4 Å². The van der Waals surface area contributed by atoms with Gasteiger partial charge in [0.2, 0.25) is 0 Å². The molecule has 1 heterocycles. The Labute approximate surface area is 93.1 Å². The lowest BCUT2D eigenvalue weighted by atomic mass is 10.3. The van der Waals surface area contributed by atoms with Gasteiger partial charge in [-0.05, 0) is 12.5 Å². The predicted molar refractivity (Wildman–Crippen MR) is 59.1 cm³/mol. The van der Waals surface area contributed by atoms with Crippen LogP contribution in [0, 0.1) is 0 Å². The van der Waals surface area contributed by atoms with Crippen LogP contribution in [0.5, 0.6) is 0 Å². The summed E-state index contributed by atoms with van der Waals surface area (Å²) in [6.07, 6.45) is 1.62. The van der Waals surface area contributed by atoms with Gasteiger partial charge in [-0.3, -0.25) is 4.79 Å². The zero-order valence-electron chi connectivity index (χ0n) is 8.86. The second-order valence-electron chi connectivity index (χ2n) is 3.00. The predicted octanol–water partition coefficient (Wildman–Crippen LogP) is 1.78. The number of carboxylic acid groups (broad SMARTS) is 1. The minimum Gasteiger partial charge on any atom is -0.481 e. The van der Waals surface area contributed by atoms with Crippen LogP contribution in [0.15, 0.2) is 11.1 Å². The third-order valence-electron chi connectivity index (χ3n) is 1.82. The summed E-state index contributed by atoms with van der Waals surface area (Å²) >= 11 is 1.24. The van der Waals surface area contributed by atoms with Gasteiger partial charge in [-0.25, -0.2) is 9.97 Å². The van der Waals surface area contributed by atoms with Gasteiger partial charge < -0.3 is 5.11 Å². The molecule has 0 saturated heterocycles. The zero-order chi connectivity index (χ0) is 11.3. The molecule has 0 aliphatic heterocycles. The molecule has 1 aromatic heterocycles. The van der Waals surface area contributed by atoms with Crippen molar-refractivity contribution >= 4 is 17.7 Å². The summed E-state index contributed by atoms with van der Waals surface area (Å²) in [7, 11) is 0. The lowest BCUT2D eigenvalue weighted by Crippen LogP contribution is -2.02. The van der Waals surface area contributed by atoms with Crippen LogP contribution in [0.4, 0.5) is 0 Å². The Morgan fingerprint density at radius 2 is 2.13 bits per heavy atom. The zero-order valence-corrected chi connectivity index (χ0v) is 9.67. The van der Waals surface area contributed by atoms with Crippen molar-refractivity contribution in [2.24, 2.45) is 0 Å². The van der Waals surface area contributed by atoms with E-state index in [2.05, 4.69) is 9.97 Å². The van der Waals surface area contributed by atoms with E-state index in [1.807, 2.05) is 19.9 Å². The van der Waals surface area contributed by atoms with E-state index in [-0.39, 0.29) is 5.75 Å². The number of carbonyl (C=O) groups is 1. The average Bonchev–Trinajstić information content (AvgIpc) is 2.25. The summed E-state index contributed by atoms with van der Waals surface area (Å²) < 4.78 is 0. The molecule has 0 aliphatic rings. The Balaban J connectivity index is 2.81. The summed E-state index contributed by atoms with van der Waals surface area (Å²) in [5.41, 5.74) is 0.967. The fourth-order valence-electron chi connectivity index (χ4n) is 1.07. The topological polar surface area (TPSA) is 63.1 Å². The van der Waals surface area contributed by atoms with E-state index in [0.717, 1.165) is 29.4 Å². The molecule has 0 aliphatic carbocycles. The molecule has 82 valence electrons. The van der Waals surface area contributed by atoms with E-state index in [9.17, 15) is 4.79 Å². The first-order chi connectivity index (χ1) is 7.15. The number of thioether (sulfide) groups is 1. The Morgan fingerprint density at radius 1 is 1.40 bits per heavy atom. The normalized spacial score (nSPS) is 10.3. The van der Waals surface area contributed by atoms with Crippen LogP contribution in [0.2, 0.25) is 0 Å². The maximum Gasteiger partial charge on any atom is 0.313 e. The van der Waals surface area contributed by atoms with Crippen LogP contribution in [-0.2, 0) is 17.6 Å². The van der Waals surface area contributed by atoms with E-state index in [1.165, 1.54) is 11.8 Å². The van der Waals surface area contributed by atoms with Gasteiger partial charge in [0.25, 0.3) is 0 Å². The standard InChI is InChI=1S/C10H14N2O2S/c1-3-7-5-9(15-6-10(13)14)12-8(4-2)11-7/h5H,3-4,6H2,1-2H3,(H,13,14). The van der Waals surface area contributed by atoms with Gasteiger partial charge in [0, 0.05) is 12.1 Å². The van der Waals surface area contributed by atoms with Crippen molar-refractivity contribution in [3.05, 3.63) is 17.6 Å². The molecule has 0 bridgehead atoms. The second-order valence-corrected chi connectivity index (χ2v) is 4.00. The quantitative estimate of drug-likeness (QED) is 0.612.